The molecule has 1 aromatic rings. The highest BCUT2D eigenvalue weighted by Crippen LogP contribution is 2.21. The van der Waals surface area contributed by atoms with Crippen molar-refractivity contribution in [2.45, 2.75) is 38.3 Å². The van der Waals surface area contributed by atoms with E-state index >= 15 is 0 Å². The first-order chi connectivity index (χ1) is 10.7. The van der Waals surface area contributed by atoms with Crippen LogP contribution >= 0.6 is 11.8 Å². The maximum atomic E-state index is 13.1. The molecule has 122 valence electrons. The molecule has 0 spiro atoms. The Balaban J connectivity index is 1.70. The Bertz CT molecular complexity index is 483. The number of hydrogen-bond acceptors (Lipinski definition) is 3. The van der Waals surface area contributed by atoms with Crippen molar-refractivity contribution in [1.82, 2.24) is 10.2 Å². The molecule has 0 saturated carbocycles. The van der Waals surface area contributed by atoms with Gasteiger partial charge in [-0.2, -0.15) is 11.8 Å². The number of carbonyl (C=O) groups is 1. The van der Waals surface area contributed by atoms with Crippen LogP contribution in [0.15, 0.2) is 24.3 Å². The maximum absolute atomic E-state index is 13.1. The number of benzene rings is 1. The molecule has 3 nitrogen and oxygen atoms in total. The van der Waals surface area contributed by atoms with E-state index in [1.165, 1.54) is 6.07 Å². The van der Waals surface area contributed by atoms with Crippen LogP contribution in [0.3, 0.4) is 0 Å². The number of carbonyl (C=O) groups excluding carboxylic acids is 1. The number of rotatable bonds is 9. The Kier molecular flexibility index (Phi) is 7.19. The fourth-order valence-corrected chi connectivity index (χ4v) is 3.35. The standard InChI is InChI=1S/C17H25FN2OS/c1-22-11-3-10-20-16(6-7-17(20)21)8-9-19-13-14-4-2-5-15(18)12-14/h2,4-5,12,16,19H,3,6-11,13H2,1H3/t16-/m1/s1. The van der Waals surface area contributed by atoms with Crippen LogP contribution in [0.25, 0.3) is 0 Å². The molecule has 0 bridgehead atoms. The molecule has 22 heavy (non-hydrogen) atoms. The first-order valence-electron chi connectivity index (χ1n) is 7.94. The Morgan fingerprint density at radius 1 is 1.45 bits per heavy atom. The summed E-state index contributed by atoms with van der Waals surface area (Å²) in [5, 5.41) is 3.35. The molecule has 0 unspecified atom stereocenters. The highest BCUT2D eigenvalue weighted by atomic mass is 32.2. The minimum Gasteiger partial charge on any atom is -0.340 e. The van der Waals surface area contributed by atoms with E-state index in [0.717, 1.165) is 43.7 Å². The van der Waals surface area contributed by atoms with E-state index in [2.05, 4.69) is 16.5 Å². The van der Waals surface area contributed by atoms with Gasteiger partial charge >= 0.3 is 0 Å². The van der Waals surface area contributed by atoms with Gasteiger partial charge in [0.05, 0.1) is 0 Å². The van der Waals surface area contributed by atoms with Gasteiger partial charge in [-0.05, 0) is 55.5 Å². The summed E-state index contributed by atoms with van der Waals surface area (Å²) in [4.78, 5) is 14.0. The van der Waals surface area contributed by atoms with Crippen LogP contribution in [0.5, 0.6) is 0 Å². The smallest absolute Gasteiger partial charge is 0.222 e. The number of nitrogens with zero attached hydrogens (tertiary/aromatic N) is 1. The number of likely N-dealkylation sites (tertiary alicyclic amines) is 1. The molecule has 1 aliphatic rings. The van der Waals surface area contributed by atoms with Gasteiger partial charge in [-0.3, -0.25) is 4.79 Å². The fraction of sp³-hybridized carbons (Fsp3) is 0.588. The Labute approximate surface area is 136 Å². The summed E-state index contributed by atoms with van der Waals surface area (Å²) in [5.74, 6) is 1.21. The van der Waals surface area contributed by atoms with Crippen molar-refractivity contribution in [2.75, 3.05) is 25.1 Å². The van der Waals surface area contributed by atoms with Crippen LogP contribution in [0.2, 0.25) is 0 Å². The van der Waals surface area contributed by atoms with Gasteiger partial charge in [0.2, 0.25) is 5.91 Å². The molecular formula is C17H25FN2OS. The lowest BCUT2D eigenvalue weighted by Gasteiger charge is -2.25. The summed E-state index contributed by atoms with van der Waals surface area (Å²) >= 11 is 1.83. The molecule has 0 aliphatic carbocycles. The first kappa shape index (κ1) is 17.3. The van der Waals surface area contributed by atoms with Crippen molar-refractivity contribution in [1.29, 1.82) is 0 Å². The number of nitrogens with one attached hydrogen (secondary N) is 1. The van der Waals surface area contributed by atoms with E-state index in [1.54, 1.807) is 12.1 Å². The Hall–Kier alpha value is -1.07. The lowest BCUT2D eigenvalue weighted by molar-refractivity contribution is -0.129. The number of amides is 1. The monoisotopic (exact) mass is 324 g/mol. The minimum atomic E-state index is -0.194. The van der Waals surface area contributed by atoms with Gasteiger partial charge in [0, 0.05) is 25.6 Å². The second kappa shape index (κ2) is 9.16. The molecule has 1 heterocycles. The van der Waals surface area contributed by atoms with Crippen LogP contribution < -0.4 is 5.32 Å². The van der Waals surface area contributed by atoms with Crippen molar-refractivity contribution in [3.8, 4) is 0 Å². The lowest BCUT2D eigenvalue weighted by atomic mass is 10.1. The summed E-state index contributed by atoms with van der Waals surface area (Å²) in [6.07, 6.45) is 5.80. The van der Waals surface area contributed by atoms with Crippen molar-refractivity contribution >= 4 is 17.7 Å². The molecule has 1 atom stereocenters. The molecule has 1 N–H and O–H groups in total. The SMILES string of the molecule is CSCCCN1C(=O)CC[C@@H]1CCNCc1cccc(F)c1. The zero-order valence-electron chi connectivity index (χ0n) is 13.2. The normalized spacial score (nSPS) is 18.2. The third kappa shape index (κ3) is 5.29. The quantitative estimate of drug-likeness (QED) is 0.709. The van der Waals surface area contributed by atoms with Gasteiger partial charge in [-0.15, -0.1) is 0 Å². The van der Waals surface area contributed by atoms with E-state index in [0.29, 0.717) is 24.9 Å². The van der Waals surface area contributed by atoms with Crippen LogP contribution in [0.4, 0.5) is 4.39 Å². The number of halogens is 1. The molecule has 1 aliphatic heterocycles. The summed E-state index contributed by atoms with van der Waals surface area (Å²) in [6.45, 7) is 2.41. The van der Waals surface area contributed by atoms with E-state index in [9.17, 15) is 9.18 Å². The molecule has 1 aromatic carbocycles. The molecule has 2 rings (SSSR count). The first-order valence-corrected chi connectivity index (χ1v) is 9.33. The summed E-state index contributed by atoms with van der Waals surface area (Å²) in [5.41, 5.74) is 0.958. The molecule has 0 radical (unpaired) electrons. The lowest BCUT2D eigenvalue weighted by Crippen LogP contribution is -2.36. The number of thioether (sulfide) groups is 1. The average Bonchev–Trinajstić information content (AvgIpc) is 2.85. The highest BCUT2D eigenvalue weighted by molar-refractivity contribution is 7.98. The predicted octanol–water partition coefficient (Wildman–Crippen LogP) is 3.05. The van der Waals surface area contributed by atoms with E-state index in [1.807, 2.05) is 17.8 Å². The molecule has 1 saturated heterocycles. The average molecular weight is 324 g/mol. The zero-order valence-corrected chi connectivity index (χ0v) is 14.0. The van der Waals surface area contributed by atoms with Gasteiger partial charge in [0.25, 0.3) is 0 Å². The van der Waals surface area contributed by atoms with Gasteiger partial charge in [-0.1, -0.05) is 12.1 Å². The fourth-order valence-electron chi connectivity index (χ4n) is 2.93. The molecular weight excluding hydrogens is 299 g/mol. The molecule has 0 aromatic heterocycles. The second-order valence-electron chi connectivity index (χ2n) is 5.72. The van der Waals surface area contributed by atoms with Crippen LogP contribution in [0, 0.1) is 5.82 Å². The minimum absolute atomic E-state index is 0.194. The van der Waals surface area contributed by atoms with Crippen LogP contribution in [0.1, 0.15) is 31.2 Å². The third-order valence-electron chi connectivity index (χ3n) is 4.07. The summed E-state index contributed by atoms with van der Waals surface area (Å²) < 4.78 is 13.1. The zero-order chi connectivity index (χ0) is 15.8. The third-order valence-corrected chi connectivity index (χ3v) is 4.77. The van der Waals surface area contributed by atoms with Crippen molar-refractivity contribution in [3.63, 3.8) is 0 Å². The van der Waals surface area contributed by atoms with E-state index in [-0.39, 0.29) is 5.82 Å². The van der Waals surface area contributed by atoms with Gasteiger partial charge in [0.15, 0.2) is 0 Å². The van der Waals surface area contributed by atoms with Crippen LogP contribution in [-0.2, 0) is 11.3 Å². The van der Waals surface area contributed by atoms with Gasteiger partial charge in [-0.25, -0.2) is 4.39 Å². The predicted molar refractivity (Wildman–Crippen MR) is 90.5 cm³/mol. The molecule has 1 fully saturated rings. The molecule has 5 heteroatoms. The summed E-state index contributed by atoms with van der Waals surface area (Å²) in [7, 11) is 0. The Morgan fingerprint density at radius 2 is 2.32 bits per heavy atom. The maximum Gasteiger partial charge on any atom is 0.222 e. The van der Waals surface area contributed by atoms with E-state index < -0.39 is 0 Å². The van der Waals surface area contributed by atoms with Gasteiger partial charge < -0.3 is 10.2 Å². The van der Waals surface area contributed by atoms with Crippen LogP contribution in [-0.4, -0.2) is 41.9 Å². The molecule has 1 amide bonds. The topological polar surface area (TPSA) is 32.3 Å². The van der Waals surface area contributed by atoms with Crippen molar-refractivity contribution in [3.05, 3.63) is 35.6 Å². The Morgan fingerprint density at radius 3 is 3.09 bits per heavy atom. The van der Waals surface area contributed by atoms with Crippen molar-refractivity contribution in [2.24, 2.45) is 0 Å². The largest absolute Gasteiger partial charge is 0.340 e. The number of hydrogen-bond donors (Lipinski definition) is 1. The van der Waals surface area contributed by atoms with Crippen molar-refractivity contribution < 1.29 is 9.18 Å². The summed E-state index contributed by atoms with van der Waals surface area (Å²) in [6, 6.07) is 7.04. The second-order valence-corrected chi connectivity index (χ2v) is 6.71. The highest BCUT2D eigenvalue weighted by Gasteiger charge is 2.29. The van der Waals surface area contributed by atoms with E-state index in [4.69, 9.17) is 0 Å². The van der Waals surface area contributed by atoms with Gasteiger partial charge in [0.1, 0.15) is 5.82 Å².